The molecule has 0 bridgehead atoms. The van der Waals surface area contributed by atoms with Crippen molar-refractivity contribution in [2.24, 2.45) is 0 Å². The number of fused-ring (bicyclic) bond motifs is 1. The van der Waals surface area contributed by atoms with Crippen molar-refractivity contribution in [1.29, 1.82) is 0 Å². The van der Waals surface area contributed by atoms with Crippen molar-refractivity contribution in [3.63, 3.8) is 0 Å². The van der Waals surface area contributed by atoms with Gasteiger partial charge in [0.05, 0.1) is 17.3 Å². The van der Waals surface area contributed by atoms with Crippen LogP contribution in [0.5, 0.6) is 5.75 Å². The van der Waals surface area contributed by atoms with Gasteiger partial charge in [0.25, 0.3) is 5.78 Å². The highest BCUT2D eigenvalue weighted by molar-refractivity contribution is 7.17. The fraction of sp³-hybridized carbons (Fsp3) is 0.214. The quantitative estimate of drug-likeness (QED) is 0.123. The first-order valence-corrected chi connectivity index (χ1v) is 13.5. The molecule has 1 aromatic heterocycles. The van der Waals surface area contributed by atoms with Gasteiger partial charge in [-0.1, -0.05) is 53.3 Å². The van der Waals surface area contributed by atoms with Gasteiger partial charge >= 0.3 is 11.9 Å². The highest BCUT2D eigenvalue weighted by Gasteiger charge is 2.49. The van der Waals surface area contributed by atoms with E-state index in [9.17, 15) is 19.5 Å². The Labute approximate surface area is 238 Å². The minimum atomic E-state index is -1.14. The number of hydrogen-bond donors (Lipinski definition) is 1. The van der Waals surface area contributed by atoms with Gasteiger partial charge in [-0.2, -0.15) is 0 Å². The first kappa shape index (κ1) is 26.9. The van der Waals surface area contributed by atoms with Gasteiger partial charge in [-0.15, -0.1) is 0 Å². The molecule has 3 heterocycles. The second-order valence-corrected chi connectivity index (χ2v) is 10.9. The summed E-state index contributed by atoms with van der Waals surface area (Å²) in [6.45, 7) is 7.06. The predicted molar refractivity (Wildman–Crippen MR) is 149 cm³/mol. The summed E-state index contributed by atoms with van der Waals surface area (Å²) in [4.78, 5) is 45.2. The molecule has 8 nitrogen and oxygen atoms in total. The van der Waals surface area contributed by atoms with Crippen LogP contribution in [0.2, 0.25) is 10.0 Å². The van der Waals surface area contributed by atoms with Crippen molar-refractivity contribution in [2.45, 2.75) is 32.4 Å². The second kappa shape index (κ2) is 10.5. The van der Waals surface area contributed by atoms with E-state index in [0.717, 1.165) is 21.8 Å². The zero-order chi connectivity index (χ0) is 28.0. The minimum absolute atomic E-state index is 0.000991. The molecule has 2 aliphatic heterocycles. The van der Waals surface area contributed by atoms with Crippen molar-refractivity contribution >= 4 is 63.1 Å². The molecule has 1 amide bonds. The van der Waals surface area contributed by atoms with Gasteiger partial charge in [0.2, 0.25) is 0 Å². The first-order valence-electron chi connectivity index (χ1n) is 11.9. The molecule has 11 heteroatoms. The number of carbonyl (C=O) groups excluding carboxylic acids is 3. The standard InChI is InChI=1S/C28H22Cl2N2O6S/c1-4-9-37-27(36)25-14(3)31-28(39-25)32-22(18-7-6-17(29)12-19(18)30)21(24(34)26(32)35)23(33)15-5-8-20-16(11-15)10-13(2)38-20/h4-8,11-13,22,33H,1,9-10H2,2-3H3. The van der Waals surface area contributed by atoms with Gasteiger partial charge in [0, 0.05) is 22.0 Å². The van der Waals surface area contributed by atoms with Crippen LogP contribution in [0.1, 0.15) is 45.0 Å². The SMILES string of the molecule is C=CCOC(=O)c1sc(N2C(=O)C(=O)C(=C(O)c3ccc4c(c3)CC(C)O4)C2c2ccc(Cl)cc2Cl)nc1C. The molecule has 1 saturated heterocycles. The maximum atomic E-state index is 13.5. The molecule has 0 saturated carbocycles. The molecule has 2 aliphatic rings. The van der Waals surface area contributed by atoms with Crippen molar-refractivity contribution in [2.75, 3.05) is 11.5 Å². The highest BCUT2D eigenvalue weighted by atomic mass is 35.5. The zero-order valence-corrected chi connectivity index (χ0v) is 23.2. The van der Waals surface area contributed by atoms with Crippen LogP contribution >= 0.6 is 34.5 Å². The number of ketones is 1. The van der Waals surface area contributed by atoms with Crippen LogP contribution in [0.4, 0.5) is 5.13 Å². The third-order valence-electron chi connectivity index (χ3n) is 6.38. The molecule has 2 aromatic carbocycles. The van der Waals surface area contributed by atoms with Gasteiger partial charge in [0.15, 0.2) is 5.13 Å². The molecule has 5 rings (SSSR count). The van der Waals surface area contributed by atoms with E-state index in [1.165, 1.54) is 12.1 Å². The van der Waals surface area contributed by atoms with Crippen LogP contribution in [-0.2, 0) is 20.7 Å². The Bertz CT molecular complexity index is 1580. The number of aromatic nitrogens is 1. The van der Waals surface area contributed by atoms with E-state index in [1.54, 1.807) is 37.3 Å². The van der Waals surface area contributed by atoms with Gasteiger partial charge in [0.1, 0.15) is 29.1 Å². The van der Waals surface area contributed by atoms with Gasteiger partial charge in [-0.3, -0.25) is 14.5 Å². The molecule has 2 unspecified atom stereocenters. The van der Waals surface area contributed by atoms with Crippen molar-refractivity contribution in [1.82, 2.24) is 4.98 Å². The molecule has 0 spiro atoms. The van der Waals surface area contributed by atoms with Crippen LogP contribution in [0.25, 0.3) is 5.76 Å². The van der Waals surface area contributed by atoms with Crippen LogP contribution in [0, 0.1) is 6.92 Å². The summed E-state index contributed by atoms with van der Waals surface area (Å²) in [5, 5.41) is 12.1. The Balaban J connectivity index is 1.67. The molecule has 0 aliphatic carbocycles. The number of Topliss-reactive ketones (excluding diaryl/α,β-unsaturated/α-hetero) is 1. The molecule has 0 radical (unpaired) electrons. The van der Waals surface area contributed by atoms with E-state index in [2.05, 4.69) is 11.6 Å². The van der Waals surface area contributed by atoms with Crippen LogP contribution in [0.15, 0.2) is 54.6 Å². The number of rotatable bonds is 6. The van der Waals surface area contributed by atoms with Crippen molar-refractivity contribution < 1.29 is 29.0 Å². The van der Waals surface area contributed by atoms with Gasteiger partial charge < -0.3 is 14.6 Å². The maximum absolute atomic E-state index is 13.5. The summed E-state index contributed by atoms with van der Waals surface area (Å²) < 4.78 is 10.9. The lowest BCUT2D eigenvalue weighted by atomic mass is 9.94. The summed E-state index contributed by atoms with van der Waals surface area (Å²) in [7, 11) is 0. The number of carbonyl (C=O) groups is 3. The Morgan fingerprint density at radius 3 is 2.77 bits per heavy atom. The third-order valence-corrected chi connectivity index (χ3v) is 8.08. The topological polar surface area (TPSA) is 106 Å². The number of benzene rings is 2. The summed E-state index contributed by atoms with van der Waals surface area (Å²) in [6, 6.07) is 8.59. The number of esters is 1. The number of hydrogen-bond acceptors (Lipinski definition) is 8. The fourth-order valence-corrected chi connectivity index (χ4v) is 6.15. The fourth-order valence-electron chi connectivity index (χ4n) is 4.65. The maximum Gasteiger partial charge on any atom is 0.350 e. The number of thiazole rings is 1. The Kier molecular flexibility index (Phi) is 7.24. The molecule has 2 atom stereocenters. The molecule has 1 N–H and O–H groups in total. The summed E-state index contributed by atoms with van der Waals surface area (Å²) in [5.41, 5.74) is 1.73. The normalized spacial score (nSPS) is 19.6. The van der Waals surface area contributed by atoms with Crippen LogP contribution < -0.4 is 9.64 Å². The number of amides is 1. The summed E-state index contributed by atoms with van der Waals surface area (Å²) >= 11 is 13.6. The average molecular weight is 585 g/mol. The zero-order valence-electron chi connectivity index (χ0n) is 20.9. The van der Waals surface area contributed by atoms with Crippen molar-refractivity contribution in [3.05, 3.63) is 91.9 Å². The van der Waals surface area contributed by atoms with E-state index < -0.39 is 23.7 Å². The van der Waals surface area contributed by atoms with Gasteiger partial charge in [-0.05, 0) is 55.3 Å². The average Bonchev–Trinajstić information content (AvgIpc) is 3.54. The molecule has 39 heavy (non-hydrogen) atoms. The summed E-state index contributed by atoms with van der Waals surface area (Å²) in [5.74, 6) is -2.15. The molecular formula is C28H22Cl2N2O6S. The van der Waals surface area contributed by atoms with E-state index >= 15 is 0 Å². The van der Waals surface area contributed by atoms with E-state index in [1.807, 2.05) is 6.92 Å². The number of halogens is 2. The lowest BCUT2D eigenvalue weighted by molar-refractivity contribution is -0.132. The molecule has 1 fully saturated rings. The first-order chi connectivity index (χ1) is 18.6. The van der Waals surface area contributed by atoms with Crippen LogP contribution in [-0.4, -0.2) is 40.5 Å². The number of anilines is 1. The molecular weight excluding hydrogens is 563 g/mol. The molecule has 3 aromatic rings. The number of ether oxygens (including phenoxy) is 2. The monoisotopic (exact) mass is 584 g/mol. The van der Waals surface area contributed by atoms with E-state index in [-0.39, 0.29) is 39.1 Å². The lowest BCUT2D eigenvalue weighted by Gasteiger charge is -2.24. The molecule has 200 valence electrons. The Morgan fingerprint density at radius 1 is 1.28 bits per heavy atom. The third kappa shape index (κ3) is 4.82. The second-order valence-electron chi connectivity index (χ2n) is 9.09. The number of aliphatic hydroxyl groups is 1. The summed E-state index contributed by atoms with van der Waals surface area (Å²) in [6.07, 6.45) is 2.05. The Hall–Kier alpha value is -3.66. The highest BCUT2D eigenvalue weighted by Crippen LogP contribution is 2.46. The van der Waals surface area contributed by atoms with Crippen molar-refractivity contribution in [3.8, 4) is 5.75 Å². The minimum Gasteiger partial charge on any atom is -0.507 e. The van der Waals surface area contributed by atoms with E-state index in [4.69, 9.17) is 32.7 Å². The smallest absolute Gasteiger partial charge is 0.350 e. The van der Waals surface area contributed by atoms with Crippen LogP contribution in [0.3, 0.4) is 0 Å². The largest absolute Gasteiger partial charge is 0.507 e. The number of aliphatic hydroxyl groups excluding tert-OH is 1. The Morgan fingerprint density at radius 2 is 2.05 bits per heavy atom. The number of aryl methyl sites for hydroxylation is 1. The van der Waals surface area contributed by atoms with E-state index in [0.29, 0.717) is 34.0 Å². The number of nitrogens with zero attached hydrogens (tertiary/aromatic N) is 2. The lowest BCUT2D eigenvalue weighted by Crippen LogP contribution is -2.29. The van der Waals surface area contributed by atoms with Gasteiger partial charge in [-0.25, -0.2) is 9.78 Å². The predicted octanol–water partition coefficient (Wildman–Crippen LogP) is 6.05.